The van der Waals surface area contributed by atoms with Crippen LogP contribution in [0, 0.1) is 10.1 Å². The highest BCUT2D eigenvalue weighted by molar-refractivity contribution is 7.99. The van der Waals surface area contributed by atoms with Crippen molar-refractivity contribution in [2.75, 3.05) is 11.1 Å². The van der Waals surface area contributed by atoms with Gasteiger partial charge >= 0.3 is 0 Å². The molecule has 0 aliphatic carbocycles. The van der Waals surface area contributed by atoms with Gasteiger partial charge in [-0.2, -0.15) is 0 Å². The van der Waals surface area contributed by atoms with Crippen LogP contribution >= 0.6 is 11.8 Å². The number of benzene rings is 2. The van der Waals surface area contributed by atoms with E-state index in [0.29, 0.717) is 12.3 Å². The van der Waals surface area contributed by atoms with Crippen molar-refractivity contribution in [1.29, 1.82) is 0 Å². The van der Waals surface area contributed by atoms with Crippen molar-refractivity contribution >= 4 is 29.0 Å². The molecule has 0 aliphatic rings. The van der Waals surface area contributed by atoms with Crippen LogP contribution in [0.15, 0.2) is 64.2 Å². The third-order valence-corrected chi connectivity index (χ3v) is 4.17. The van der Waals surface area contributed by atoms with Crippen molar-refractivity contribution in [3.05, 3.63) is 76.2 Å². The number of nitrogens with zero attached hydrogens (tertiary/aromatic N) is 3. The van der Waals surface area contributed by atoms with Gasteiger partial charge < -0.3 is 9.73 Å². The van der Waals surface area contributed by atoms with Crippen LogP contribution in [0.1, 0.15) is 11.5 Å². The number of thioether (sulfide) groups is 1. The van der Waals surface area contributed by atoms with E-state index in [-0.39, 0.29) is 22.4 Å². The molecule has 26 heavy (non-hydrogen) atoms. The molecule has 3 rings (SSSR count). The van der Waals surface area contributed by atoms with Crippen molar-refractivity contribution in [1.82, 2.24) is 10.2 Å². The van der Waals surface area contributed by atoms with Crippen molar-refractivity contribution in [3.8, 4) is 0 Å². The van der Waals surface area contributed by atoms with Crippen LogP contribution in [-0.4, -0.2) is 26.8 Å². The average molecular weight is 370 g/mol. The lowest BCUT2D eigenvalue weighted by Crippen LogP contribution is -2.15. The summed E-state index contributed by atoms with van der Waals surface area (Å²) in [6, 6.07) is 15.6. The van der Waals surface area contributed by atoms with Crippen molar-refractivity contribution in [3.63, 3.8) is 0 Å². The molecule has 8 nitrogen and oxygen atoms in total. The van der Waals surface area contributed by atoms with Crippen LogP contribution in [0.3, 0.4) is 0 Å². The highest BCUT2D eigenvalue weighted by Crippen LogP contribution is 2.24. The highest BCUT2D eigenvalue weighted by Gasteiger charge is 2.16. The number of nitrogens with one attached hydrogen (secondary N) is 1. The van der Waals surface area contributed by atoms with E-state index < -0.39 is 10.8 Å². The number of nitro groups is 1. The molecule has 0 fully saturated rings. The van der Waals surface area contributed by atoms with E-state index >= 15 is 0 Å². The number of carbonyl (C=O) groups excluding carboxylic acids is 1. The van der Waals surface area contributed by atoms with E-state index in [2.05, 4.69) is 15.5 Å². The van der Waals surface area contributed by atoms with Crippen LogP contribution in [0.25, 0.3) is 0 Å². The normalized spacial score (nSPS) is 10.5. The fourth-order valence-corrected chi connectivity index (χ4v) is 2.77. The number of amides is 1. The molecule has 0 atom stereocenters. The number of nitro benzene ring substituents is 1. The van der Waals surface area contributed by atoms with Crippen molar-refractivity contribution in [2.24, 2.45) is 0 Å². The van der Waals surface area contributed by atoms with Gasteiger partial charge in [-0.15, -0.1) is 10.2 Å². The molecule has 0 saturated carbocycles. The molecule has 0 saturated heterocycles. The van der Waals surface area contributed by atoms with E-state index in [4.69, 9.17) is 4.42 Å². The number of hydrogen-bond donors (Lipinski definition) is 1. The molecule has 0 bridgehead atoms. The largest absolute Gasteiger partial charge is 0.416 e. The molecule has 9 heteroatoms. The lowest BCUT2D eigenvalue weighted by atomic mass is 10.2. The summed E-state index contributed by atoms with van der Waals surface area (Å²) in [6.07, 6.45) is 0.511. The van der Waals surface area contributed by atoms with Crippen molar-refractivity contribution in [2.45, 2.75) is 11.6 Å². The molecular formula is C17H14N4O4S. The molecule has 1 heterocycles. The summed E-state index contributed by atoms with van der Waals surface area (Å²) >= 11 is 1.07. The van der Waals surface area contributed by atoms with Gasteiger partial charge in [0.1, 0.15) is 5.69 Å². The molecular weight excluding hydrogens is 356 g/mol. The van der Waals surface area contributed by atoms with Gasteiger partial charge in [-0.3, -0.25) is 14.9 Å². The Morgan fingerprint density at radius 2 is 1.85 bits per heavy atom. The van der Waals surface area contributed by atoms with Gasteiger partial charge in [0.25, 0.3) is 10.9 Å². The first-order chi connectivity index (χ1) is 12.6. The quantitative estimate of drug-likeness (QED) is 0.386. The zero-order valence-electron chi connectivity index (χ0n) is 13.5. The van der Waals surface area contributed by atoms with Gasteiger partial charge in [-0.25, -0.2) is 0 Å². The molecule has 0 aliphatic heterocycles. The van der Waals surface area contributed by atoms with E-state index in [0.717, 1.165) is 17.3 Å². The highest BCUT2D eigenvalue weighted by atomic mass is 32.2. The predicted molar refractivity (Wildman–Crippen MR) is 96.0 cm³/mol. The Hall–Kier alpha value is -3.20. The predicted octanol–water partition coefficient (Wildman–Crippen LogP) is 3.30. The fourth-order valence-electron chi connectivity index (χ4n) is 2.19. The summed E-state index contributed by atoms with van der Waals surface area (Å²) < 4.78 is 5.50. The van der Waals surface area contributed by atoms with Crippen LogP contribution in [0.4, 0.5) is 11.4 Å². The SMILES string of the molecule is O=C(CSc1nnc(Cc2ccccc2)o1)Nc1ccccc1[N+](=O)[O-]. The number of aromatic nitrogens is 2. The molecule has 1 N–H and O–H groups in total. The molecule has 0 unspecified atom stereocenters. The molecule has 3 aromatic rings. The number of anilines is 1. The summed E-state index contributed by atoms with van der Waals surface area (Å²) in [7, 11) is 0. The van der Waals surface area contributed by atoms with Crippen molar-refractivity contribution < 1.29 is 14.1 Å². The summed E-state index contributed by atoms with van der Waals surface area (Å²) in [5, 5.41) is 21.6. The maximum atomic E-state index is 12.0. The maximum Gasteiger partial charge on any atom is 0.292 e. The minimum Gasteiger partial charge on any atom is -0.416 e. The summed E-state index contributed by atoms with van der Waals surface area (Å²) in [4.78, 5) is 22.4. The monoisotopic (exact) mass is 370 g/mol. The topological polar surface area (TPSA) is 111 Å². The smallest absolute Gasteiger partial charge is 0.292 e. The molecule has 1 aromatic heterocycles. The number of rotatable bonds is 7. The zero-order valence-corrected chi connectivity index (χ0v) is 14.3. The Kier molecular flexibility index (Phi) is 5.59. The van der Waals surface area contributed by atoms with Crippen LogP contribution in [0.2, 0.25) is 0 Å². The molecule has 1 amide bonds. The van der Waals surface area contributed by atoms with Gasteiger partial charge in [0, 0.05) is 6.07 Å². The second-order valence-corrected chi connectivity index (χ2v) is 6.16. The first kappa shape index (κ1) is 17.6. The minimum atomic E-state index is -0.545. The Labute approximate surface area is 152 Å². The molecule has 132 valence electrons. The van der Waals surface area contributed by atoms with Crippen LogP contribution in [-0.2, 0) is 11.2 Å². The third-order valence-electron chi connectivity index (χ3n) is 3.35. The summed E-state index contributed by atoms with van der Waals surface area (Å²) in [5.41, 5.74) is 1.04. The second-order valence-electron chi connectivity index (χ2n) is 5.24. The van der Waals surface area contributed by atoms with E-state index in [1.165, 1.54) is 18.2 Å². The Bertz CT molecular complexity index is 914. The third kappa shape index (κ3) is 4.67. The fraction of sp³-hybridized carbons (Fsp3) is 0.118. The second kappa shape index (κ2) is 8.26. The Morgan fingerprint density at radius 3 is 2.62 bits per heavy atom. The van der Waals surface area contributed by atoms with Gasteiger partial charge in [-0.1, -0.05) is 54.2 Å². The Balaban J connectivity index is 1.55. The minimum absolute atomic E-state index is 0.000973. The molecule has 0 radical (unpaired) electrons. The maximum absolute atomic E-state index is 12.0. The van der Waals surface area contributed by atoms with Gasteiger partial charge in [0.15, 0.2) is 0 Å². The van der Waals surface area contributed by atoms with E-state index in [1.54, 1.807) is 6.07 Å². The summed E-state index contributed by atoms with van der Waals surface area (Å²) in [6.45, 7) is 0. The first-order valence-electron chi connectivity index (χ1n) is 7.64. The lowest BCUT2D eigenvalue weighted by Gasteiger charge is -2.04. The lowest BCUT2D eigenvalue weighted by molar-refractivity contribution is -0.383. The summed E-state index contributed by atoms with van der Waals surface area (Å²) in [5.74, 6) is 0.0591. The number of para-hydroxylation sites is 2. The zero-order chi connectivity index (χ0) is 18.4. The Morgan fingerprint density at radius 1 is 1.12 bits per heavy atom. The van der Waals surface area contributed by atoms with Gasteiger partial charge in [0.2, 0.25) is 11.8 Å². The number of carbonyl (C=O) groups is 1. The van der Waals surface area contributed by atoms with E-state index in [9.17, 15) is 14.9 Å². The van der Waals surface area contributed by atoms with Crippen LogP contribution in [0.5, 0.6) is 0 Å². The number of hydrogen-bond acceptors (Lipinski definition) is 7. The van der Waals surface area contributed by atoms with Gasteiger partial charge in [-0.05, 0) is 11.6 Å². The molecule has 2 aromatic carbocycles. The first-order valence-corrected chi connectivity index (χ1v) is 8.63. The van der Waals surface area contributed by atoms with Gasteiger partial charge in [0.05, 0.1) is 17.1 Å². The van der Waals surface area contributed by atoms with E-state index in [1.807, 2.05) is 30.3 Å². The average Bonchev–Trinajstić information content (AvgIpc) is 3.08. The standard InChI is InChI=1S/C17H14N4O4S/c22-15(18-13-8-4-5-9-14(13)21(23)24)11-26-17-20-19-16(25-17)10-12-6-2-1-3-7-12/h1-9H,10-11H2,(H,18,22). The molecule has 0 spiro atoms. The van der Waals surface area contributed by atoms with Crippen LogP contribution < -0.4 is 5.32 Å².